The molecular weight excluding hydrogens is 393 g/mol. The summed E-state index contributed by atoms with van der Waals surface area (Å²) in [4.78, 5) is 12.6. The van der Waals surface area contributed by atoms with Crippen molar-refractivity contribution >= 4 is 23.3 Å². The van der Waals surface area contributed by atoms with E-state index in [0.29, 0.717) is 0 Å². The molecule has 0 bridgehead atoms. The number of rotatable bonds is 3. The molecule has 2 atom stereocenters. The lowest BCUT2D eigenvalue weighted by atomic mass is 9.97. The maximum absolute atomic E-state index is 13.7. The van der Waals surface area contributed by atoms with Gasteiger partial charge in [-0.05, 0) is 18.4 Å². The lowest BCUT2D eigenvalue weighted by molar-refractivity contribution is -0.173. The number of anilines is 1. The smallest absolute Gasteiger partial charge is 0.362 e. The van der Waals surface area contributed by atoms with Crippen LogP contribution in [0.1, 0.15) is 60.2 Å². The van der Waals surface area contributed by atoms with Gasteiger partial charge in [0.25, 0.3) is 5.91 Å². The Balaban J connectivity index is 1.68. The van der Waals surface area contributed by atoms with Gasteiger partial charge in [0.05, 0.1) is 6.04 Å². The largest absolute Gasteiger partial charge is 0.410 e. The van der Waals surface area contributed by atoms with Gasteiger partial charge in [-0.1, -0.05) is 54.8 Å². The van der Waals surface area contributed by atoms with Crippen LogP contribution in [0.25, 0.3) is 0 Å². The topological polar surface area (TPSA) is 59.0 Å². The second-order valence-electron chi connectivity index (χ2n) is 7.31. The quantitative estimate of drug-likeness (QED) is 0.756. The fourth-order valence-corrected chi connectivity index (χ4v) is 4.23. The highest BCUT2D eigenvalue weighted by molar-refractivity contribution is 6.36. The highest BCUT2D eigenvalue weighted by Gasteiger charge is 2.47. The summed E-state index contributed by atoms with van der Waals surface area (Å²) in [5.41, 5.74) is 0.552. The Morgan fingerprint density at radius 1 is 1.21 bits per heavy atom. The third-order valence-electron chi connectivity index (χ3n) is 5.40. The summed E-state index contributed by atoms with van der Waals surface area (Å²) >= 11 is 6.32. The molecule has 0 spiro atoms. The standard InChI is InChI=1S/C19H20ClF3N4O/c20-15-16(18(28)24-12-8-4-5-9-12)26-27-14(19(21,22)23)10-13(25-17(15)27)11-6-2-1-3-7-11/h1-3,6-7,12-14,25H,4-5,8-10H2,(H,24,28)/t13-,14+/m0/s1. The van der Waals surface area contributed by atoms with Crippen molar-refractivity contribution in [3.63, 3.8) is 0 Å². The average molecular weight is 413 g/mol. The molecule has 1 fully saturated rings. The van der Waals surface area contributed by atoms with Crippen LogP contribution in [0.3, 0.4) is 0 Å². The number of carbonyl (C=O) groups is 1. The molecular formula is C19H20ClF3N4O. The van der Waals surface area contributed by atoms with Crippen LogP contribution in [0.15, 0.2) is 30.3 Å². The molecule has 1 aromatic heterocycles. The van der Waals surface area contributed by atoms with Gasteiger partial charge in [-0.3, -0.25) is 4.79 Å². The van der Waals surface area contributed by atoms with Crippen LogP contribution < -0.4 is 10.6 Å². The van der Waals surface area contributed by atoms with Gasteiger partial charge in [0.15, 0.2) is 11.7 Å². The third-order valence-corrected chi connectivity index (χ3v) is 5.76. The van der Waals surface area contributed by atoms with Crippen molar-refractivity contribution in [2.75, 3.05) is 5.32 Å². The normalized spacial score (nSPS) is 22.6. The number of nitrogens with one attached hydrogen (secondary N) is 2. The minimum atomic E-state index is -4.52. The molecule has 0 unspecified atom stereocenters. The third kappa shape index (κ3) is 3.57. The highest BCUT2D eigenvalue weighted by Crippen LogP contribution is 2.46. The van der Waals surface area contributed by atoms with Gasteiger partial charge in [-0.15, -0.1) is 0 Å². The SMILES string of the molecule is O=C(NC1CCCC1)c1nn2c(c1Cl)N[C@H](c1ccccc1)C[C@@H]2C(F)(F)F. The van der Waals surface area contributed by atoms with Crippen molar-refractivity contribution in [2.45, 2.75) is 56.4 Å². The maximum atomic E-state index is 13.7. The summed E-state index contributed by atoms with van der Waals surface area (Å²) in [7, 11) is 0. The number of hydrogen-bond acceptors (Lipinski definition) is 3. The van der Waals surface area contributed by atoms with E-state index in [2.05, 4.69) is 15.7 Å². The minimum absolute atomic E-state index is 0.0192. The van der Waals surface area contributed by atoms with E-state index >= 15 is 0 Å². The van der Waals surface area contributed by atoms with Crippen LogP contribution in [0, 0.1) is 0 Å². The van der Waals surface area contributed by atoms with E-state index in [9.17, 15) is 18.0 Å². The molecule has 1 aliphatic carbocycles. The van der Waals surface area contributed by atoms with E-state index in [4.69, 9.17) is 11.6 Å². The van der Waals surface area contributed by atoms with Crippen molar-refractivity contribution in [1.29, 1.82) is 0 Å². The number of carbonyl (C=O) groups excluding carboxylic acids is 1. The fraction of sp³-hybridized carbons (Fsp3) is 0.474. The van der Waals surface area contributed by atoms with Gasteiger partial charge in [-0.25, -0.2) is 4.68 Å². The fourth-order valence-electron chi connectivity index (χ4n) is 3.96. The molecule has 0 radical (unpaired) electrons. The number of alkyl halides is 3. The van der Waals surface area contributed by atoms with Crippen molar-refractivity contribution in [2.24, 2.45) is 0 Å². The molecule has 1 aromatic carbocycles. The van der Waals surface area contributed by atoms with E-state index in [1.165, 1.54) is 0 Å². The molecule has 1 amide bonds. The first-order valence-corrected chi connectivity index (χ1v) is 9.69. The minimum Gasteiger partial charge on any atom is -0.362 e. The number of amides is 1. The summed E-state index contributed by atoms with van der Waals surface area (Å²) in [5, 5.41) is 9.75. The second-order valence-corrected chi connectivity index (χ2v) is 7.69. The van der Waals surface area contributed by atoms with Gasteiger partial charge < -0.3 is 10.6 Å². The van der Waals surface area contributed by atoms with Gasteiger partial charge in [-0.2, -0.15) is 18.3 Å². The van der Waals surface area contributed by atoms with Crippen molar-refractivity contribution < 1.29 is 18.0 Å². The van der Waals surface area contributed by atoms with Crippen LogP contribution >= 0.6 is 11.6 Å². The zero-order valence-corrected chi connectivity index (χ0v) is 15.7. The molecule has 2 aliphatic rings. The molecule has 5 nitrogen and oxygen atoms in total. The predicted molar refractivity (Wildman–Crippen MR) is 99.5 cm³/mol. The molecule has 2 aromatic rings. The van der Waals surface area contributed by atoms with Crippen LogP contribution in [0.2, 0.25) is 5.02 Å². The lowest BCUT2D eigenvalue weighted by Gasteiger charge is -2.33. The summed E-state index contributed by atoms with van der Waals surface area (Å²) in [6.07, 6.45) is -0.989. The summed E-state index contributed by atoms with van der Waals surface area (Å²) in [6, 6.07) is 6.44. The first kappa shape index (κ1) is 19.1. The Morgan fingerprint density at radius 3 is 2.54 bits per heavy atom. The zero-order chi connectivity index (χ0) is 19.9. The highest BCUT2D eigenvalue weighted by atomic mass is 35.5. The molecule has 2 heterocycles. The number of hydrogen-bond donors (Lipinski definition) is 2. The molecule has 1 aliphatic heterocycles. The number of halogens is 4. The van der Waals surface area contributed by atoms with Crippen molar-refractivity contribution in [1.82, 2.24) is 15.1 Å². The number of benzene rings is 1. The van der Waals surface area contributed by atoms with Crippen LogP contribution in [0.5, 0.6) is 0 Å². The monoisotopic (exact) mass is 412 g/mol. The van der Waals surface area contributed by atoms with Gasteiger partial charge >= 0.3 is 6.18 Å². The molecule has 4 rings (SSSR count). The summed E-state index contributed by atoms with van der Waals surface area (Å²) in [5.74, 6) is -0.501. The first-order valence-electron chi connectivity index (χ1n) is 9.31. The van der Waals surface area contributed by atoms with E-state index in [-0.39, 0.29) is 29.0 Å². The average Bonchev–Trinajstić information content (AvgIpc) is 3.29. The van der Waals surface area contributed by atoms with E-state index in [1.807, 2.05) is 0 Å². The Labute approximate surface area is 165 Å². The molecule has 9 heteroatoms. The Hall–Kier alpha value is -2.22. The Bertz CT molecular complexity index is 862. The van der Waals surface area contributed by atoms with Gasteiger partial charge in [0.1, 0.15) is 10.8 Å². The van der Waals surface area contributed by atoms with Crippen molar-refractivity contribution in [3.8, 4) is 0 Å². The molecule has 28 heavy (non-hydrogen) atoms. The van der Waals surface area contributed by atoms with Crippen LogP contribution in [0.4, 0.5) is 19.0 Å². The zero-order valence-electron chi connectivity index (χ0n) is 15.0. The van der Waals surface area contributed by atoms with Gasteiger partial charge in [0.2, 0.25) is 0 Å². The Morgan fingerprint density at radius 2 is 1.89 bits per heavy atom. The lowest BCUT2D eigenvalue weighted by Crippen LogP contribution is -2.36. The Kier molecular flexibility index (Phi) is 4.99. The predicted octanol–water partition coefficient (Wildman–Crippen LogP) is 4.87. The summed E-state index contributed by atoms with van der Waals surface area (Å²) in [6.45, 7) is 0. The molecule has 0 saturated heterocycles. The second kappa shape index (κ2) is 7.31. The number of nitrogens with zero attached hydrogens (tertiary/aromatic N) is 2. The maximum Gasteiger partial charge on any atom is 0.410 e. The first-order chi connectivity index (χ1) is 13.3. The number of aromatic nitrogens is 2. The van der Waals surface area contributed by atoms with E-state index in [1.54, 1.807) is 30.3 Å². The van der Waals surface area contributed by atoms with Crippen LogP contribution in [-0.4, -0.2) is 27.9 Å². The van der Waals surface area contributed by atoms with E-state index < -0.39 is 24.2 Å². The van der Waals surface area contributed by atoms with Crippen molar-refractivity contribution in [3.05, 3.63) is 46.6 Å². The van der Waals surface area contributed by atoms with Gasteiger partial charge in [0, 0.05) is 12.5 Å². The van der Waals surface area contributed by atoms with E-state index in [0.717, 1.165) is 35.9 Å². The molecule has 2 N–H and O–H groups in total. The molecule has 1 saturated carbocycles. The van der Waals surface area contributed by atoms with Crippen LogP contribution in [-0.2, 0) is 0 Å². The number of fused-ring (bicyclic) bond motifs is 1. The summed E-state index contributed by atoms with van der Waals surface area (Å²) < 4.78 is 42.1. The molecule has 150 valence electrons.